The number of rotatable bonds is 6. The Kier molecular flexibility index (Phi) is 5.57. The molecule has 0 aliphatic rings. The molecule has 32 heavy (non-hydrogen) atoms. The van der Waals surface area contributed by atoms with Crippen molar-refractivity contribution in [2.75, 3.05) is 14.2 Å². The van der Waals surface area contributed by atoms with E-state index >= 15 is 0 Å². The van der Waals surface area contributed by atoms with Gasteiger partial charge in [0.1, 0.15) is 11.3 Å². The van der Waals surface area contributed by atoms with Crippen LogP contribution in [0.15, 0.2) is 77.6 Å². The molecular formula is C25H20IN3O3. The van der Waals surface area contributed by atoms with Crippen molar-refractivity contribution in [1.29, 1.82) is 0 Å². The SMILES string of the molecule is COc1ccc(-c2cn(Cc3cc(-c4cccc(I)c4)no3)c3ncccc23)cc1OC. The summed E-state index contributed by atoms with van der Waals surface area (Å²) >= 11 is 2.30. The first-order valence-corrected chi connectivity index (χ1v) is 11.1. The second-order valence-corrected chi connectivity index (χ2v) is 8.55. The van der Waals surface area contributed by atoms with Crippen LogP contribution in [0.3, 0.4) is 0 Å². The topological polar surface area (TPSA) is 62.3 Å². The van der Waals surface area contributed by atoms with Gasteiger partial charge in [-0.1, -0.05) is 23.4 Å². The summed E-state index contributed by atoms with van der Waals surface area (Å²) in [7, 11) is 3.27. The van der Waals surface area contributed by atoms with E-state index in [1.165, 1.54) is 0 Å². The second kappa shape index (κ2) is 8.66. The van der Waals surface area contributed by atoms with Gasteiger partial charge in [0.2, 0.25) is 0 Å². The van der Waals surface area contributed by atoms with Gasteiger partial charge < -0.3 is 18.6 Å². The first-order chi connectivity index (χ1) is 15.7. The lowest BCUT2D eigenvalue weighted by atomic mass is 10.1. The van der Waals surface area contributed by atoms with Crippen molar-refractivity contribution in [2.24, 2.45) is 0 Å². The van der Waals surface area contributed by atoms with Gasteiger partial charge in [0.25, 0.3) is 0 Å². The Morgan fingerprint density at radius 2 is 1.81 bits per heavy atom. The second-order valence-electron chi connectivity index (χ2n) is 7.30. The molecule has 0 saturated heterocycles. The Labute approximate surface area is 198 Å². The summed E-state index contributed by atoms with van der Waals surface area (Å²) in [6.45, 7) is 0.526. The highest BCUT2D eigenvalue weighted by molar-refractivity contribution is 14.1. The molecule has 3 aromatic heterocycles. The smallest absolute Gasteiger partial charge is 0.161 e. The lowest BCUT2D eigenvalue weighted by molar-refractivity contribution is 0.355. The molecule has 0 bridgehead atoms. The highest BCUT2D eigenvalue weighted by atomic mass is 127. The molecule has 0 aliphatic carbocycles. The maximum Gasteiger partial charge on any atom is 0.161 e. The van der Waals surface area contributed by atoms with E-state index in [2.05, 4.69) is 61.7 Å². The largest absolute Gasteiger partial charge is 0.493 e. The summed E-state index contributed by atoms with van der Waals surface area (Å²) in [6, 6.07) is 20.1. The van der Waals surface area contributed by atoms with E-state index in [1.54, 1.807) is 20.4 Å². The molecule has 0 spiro atoms. The fraction of sp³-hybridized carbons (Fsp3) is 0.120. The standard InChI is InChI=1S/C25H20IN3O3/c1-30-23-9-8-16(12-24(23)31-2)21-15-29(25-20(21)7-4-10-27-25)14-19-13-22(28-32-19)17-5-3-6-18(26)11-17/h3-13,15H,14H2,1-2H3. The lowest BCUT2D eigenvalue weighted by Crippen LogP contribution is -1.97. The number of hydrogen-bond acceptors (Lipinski definition) is 5. The van der Waals surface area contributed by atoms with Gasteiger partial charge in [-0.25, -0.2) is 4.98 Å². The maximum absolute atomic E-state index is 5.66. The van der Waals surface area contributed by atoms with Crippen molar-refractivity contribution >= 4 is 33.6 Å². The monoisotopic (exact) mass is 537 g/mol. The third-order valence-corrected chi connectivity index (χ3v) is 6.00. The number of pyridine rings is 1. The molecule has 0 unspecified atom stereocenters. The molecule has 0 N–H and O–H groups in total. The minimum Gasteiger partial charge on any atom is -0.493 e. The number of halogens is 1. The van der Waals surface area contributed by atoms with Crippen LogP contribution in [0.4, 0.5) is 0 Å². The van der Waals surface area contributed by atoms with E-state index < -0.39 is 0 Å². The number of aromatic nitrogens is 3. The quantitative estimate of drug-likeness (QED) is 0.248. The van der Waals surface area contributed by atoms with E-state index in [4.69, 9.17) is 14.0 Å². The fourth-order valence-electron chi connectivity index (χ4n) is 3.82. The first kappa shape index (κ1) is 20.6. The van der Waals surface area contributed by atoms with Crippen molar-refractivity contribution in [3.05, 3.63) is 82.4 Å². The van der Waals surface area contributed by atoms with Crippen LogP contribution in [0.2, 0.25) is 0 Å². The summed E-state index contributed by atoms with van der Waals surface area (Å²) in [4.78, 5) is 4.62. The molecule has 0 amide bonds. The van der Waals surface area contributed by atoms with E-state index in [-0.39, 0.29) is 0 Å². The highest BCUT2D eigenvalue weighted by Crippen LogP contribution is 2.36. The van der Waals surface area contributed by atoms with E-state index in [0.717, 1.165) is 42.7 Å². The number of methoxy groups -OCH3 is 2. The molecule has 0 radical (unpaired) electrons. The van der Waals surface area contributed by atoms with Gasteiger partial charge in [-0.05, 0) is 64.6 Å². The molecule has 7 heteroatoms. The number of nitrogens with zero attached hydrogens (tertiary/aromatic N) is 3. The average molecular weight is 537 g/mol. The summed E-state index contributed by atoms with van der Waals surface area (Å²) in [6.07, 6.45) is 3.89. The van der Waals surface area contributed by atoms with Crippen LogP contribution >= 0.6 is 22.6 Å². The van der Waals surface area contributed by atoms with Gasteiger partial charge in [0, 0.05) is 38.5 Å². The first-order valence-electron chi connectivity index (χ1n) is 10.0. The predicted molar refractivity (Wildman–Crippen MR) is 132 cm³/mol. The van der Waals surface area contributed by atoms with Gasteiger partial charge in [-0.3, -0.25) is 0 Å². The van der Waals surface area contributed by atoms with Crippen LogP contribution in [0.5, 0.6) is 11.5 Å². The average Bonchev–Trinajstić information content (AvgIpc) is 3.44. The molecule has 2 aromatic carbocycles. The summed E-state index contributed by atoms with van der Waals surface area (Å²) < 4.78 is 19.8. The predicted octanol–water partition coefficient (Wildman–Crippen LogP) is 6.03. The number of benzene rings is 2. The minimum absolute atomic E-state index is 0.526. The lowest BCUT2D eigenvalue weighted by Gasteiger charge is -2.09. The van der Waals surface area contributed by atoms with E-state index in [9.17, 15) is 0 Å². The van der Waals surface area contributed by atoms with Crippen molar-refractivity contribution in [3.63, 3.8) is 0 Å². The zero-order valence-corrected chi connectivity index (χ0v) is 19.7. The van der Waals surface area contributed by atoms with Gasteiger partial charge in [0.05, 0.1) is 20.8 Å². The van der Waals surface area contributed by atoms with E-state index in [0.29, 0.717) is 18.0 Å². The van der Waals surface area contributed by atoms with Gasteiger partial charge >= 0.3 is 0 Å². The van der Waals surface area contributed by atoms with E-state index in [1.807, 2.05) is 42.5 Å². The molecule has 5 aromatic rings. The molecule has 6 nitrogen and oxygen atoms in total. The van der Waals surface area contributed by atoms with Gasteiger partial charge in [0.15, 0.2) is 17.3 Å². The van der Waals surface area contributed by atoms with Crippen LogP contribution in [-0.2, 0) is 6.54 Å². The zero-order chi connectivity index (χ0) is 22.1. The molecule has 0 fully saturated rings. The maximum atomic E-state index is 5.66. The number of hydrogen-bond donors (Lipinski definition) is 0. The van der Waals surface area contributed by atoms with Crippen LogP contribution in [0.25, 0.3) is 33.4 Å². The van der Waals surface area contributed by atoms with Crippen molar-refractivity contribution in [1.82, 2.24) is 14.7 Å². The van der Waals surface area contributed by atoms with Crippen LogP contribution < -0.4 is 9.47 Å². The highest BCUT2D eigenvalue weighted by Gasteiger charge is 2.15. The van der Waals surface area contributed by atoms with Crippen LogP contribution in [0.1, 0.15) is 5.76 Å². The third kappa shape index (κ3) is 3.84. The van der Waals surface area contributed by atoms with Crippen molar-refractivity contribution in [2.45, 2.75) is 6.54 Å². The zero-order valence-electron chi connectivity index (χ0n) is 17.6. The molecular weight excluding hydrogens is 517 g/mol. The summed E-state index contributed by atoms with van der Waals surface area (Å²) in [5.41, 5.74) is 4.82. The fourth-order valence-corrected chi connectivity index (χ4v) is 4.36. The molecule has 0 atom stereocenters. The third-order valence-electron chi connectivity index (χ3n) is 5.33. The Hall–Kier alpha value is -3.33. The van der Waals surface area contributed by atoms with Crippen LogP contribution in [-0.4, -0.2) is 28.9 Å². The molecule has 0 saturated carbocycles. The Bertz CT molecular complexity index is 1410. The van der Waals surface area contributed by atoms with Crippen molar-refractivity contribution in [3.8, 4) is 33.9 Å². The molecule has 3 heterocycles. The number of ether oxygens (including phenoxy) is 2. The normalized spacial score (nSPS) is 11.1. The Morgan fingerprint density at radius 1 is 0.938 bits per heavy atom. The summed E-state index contributed by atoms with van der Waals surface area (Å²) in [5.74, 6) is 2.15. The van der Waals surface area contributed by atoms with Gasteiger partial charge in [-0.2, -0.15) is 0 Å². The molecule has 5 rings (SSSR count). The minimum atomic E-state index is 0.526. The van der Waals surface area contributed by atoms with Gasteiger partial charge in [-0.15, -0.1) is 0 Å². The molecule has 0 aliphatic heterocycles. The van der Waals surface area contributed by atoms with Crippen LogP contribution in [0, 0.1) is 3.57 Å². The molecule has 160 valence electrons. The Balaban J connectivity index is 1.53. The summed E-state index contributed by atoms with van der Waals surface area (Å²) in [5, 5.41) is 5.32. The number of fused-ring (bicyclic) bond motifs is 1. The Morgan fingerprint density at radius 3 is 2.62 bits per heavy atom. The van der Waals surface area contributed by atoms with Crippen molar-refractivity contribution < 1.29 is 14.0 Å².